The number of amides is 2. The first-order chi connectivity index (χ1) is 24.1. The molecule has 1 atom stereocenters. The molecule has 0 unspecified atom stereocenters. The van der Waals surface area contributed by atoms with Crippen molar-refractivity contribution in [3.8, 4) is 0 Å². The Morgan fingerprint density at radius 2 is 1.46 bits per heavy atom. The molecule has 0 saturated carbocycles. The average molecular weight is 682 g/mol. The number of carbonyl (C=O) groups excluding carboxylic acids is 2. The second-order valence-electron chi connectivity index (χ2n) is 13.5. The summed E-state index contributed by atoms with van der Waals surface area (Å²) in [5.41, 5.74) is 5.27. The van der Waals surface area contributed by atoms with E-state index in [1.165, 1.54) is 0 Å². The number of rotatable bonds is 7. The normalized spacial score (nSPS) is 14.5. The zero-order chi connectivity index (χ0) is 34.9. The lowest BCUT2D eigenvalue weighted by molar-refractivity contribution is 0.0501. The maximum Gasteiger partial charge on any atom is 0.408 e. The van der Waals surface area contributed by atoms with Crippen LogP contribution < -0.4 is 10.6 Å². The minimum Gasteiger partial charge on any atom is -0.444 e. The van der Waals surface area contributed by atoms with Crippen LogP contribution in [0.25, 0.3) is 11.0 Å². The highest BCUT2D eigenvalue weighted by Gasteiger charge is 2.41. The lowest BCUT2D eigenvalue weighted by Gasteiger charge is -2.36. The number of aromatic nitrogens is 3. The molecule has 3 heterocycles. The number of pyridine rings is 1. The summed E-state index contributed by atoms with van der Waals surface area (Å²) in [5, 5.41) is 11.9. The molecule has 2 amide bonds. The van der Waals surface area contributed by atoms with Crippen molar-refractivity contribution in [1.82, 2.24) is 20.1 Å². The summed E-state index contributed by atoms with van der Waals surface area (Å²) in [5.74, 6) is 0.585. The van der Waals surface area contributed by atoms with Gasteiger partial charge in [0.2, 0.25) is 0 Å². The predicted molar refractivity (Wildman–Crippen MR) is 199 cm³/mol. The zero-order valence-electron chi connectivity index (χ0n) is 28.5. The molecular formula is C41H39N5O3S. The molecule has 4 aromatic carbocycles. The number of hydrogen-bond donors (Lipinski definition) is 2. The van der Waals surface area contributed by atoms with Crippen LogP contribution in [0.3, 0.4) is 0 Å². The molecule has 7 rings (SSSR count). The number of thioether (sulfide) groups is 1. The summed E-state index contributed by atoms with van der Waals surface area (Å²) < 4.78 is 7.48. The van der Waals surface area contributed by atoms with E-state index < -0.39 is 17.2 Å². The van der Waals surface area contributed by atoms with Crippen molar-refractivity contribution < 1.29 is 14.3 Å². The van der Waals surface area contributed by atoms with Crippen molar-refractivity contribution in [2.75, 3.05) is 11.1 Å². The molecule has 9 heteroatoms. The average Bonchev–Trinajstić information content (AvgIpc) is 3.55. The van der Waals surface area contributed by atoms with Crippen molar-refractivity contribution in [3.05, 3.63) is 155 Å². The number of ether oxygens (including phenoxy) is 1. The van der Waals surface area contributed by atoms with Crippen LogP contribution in [0.15, 0.2) is 126 Å². The van der Waals surface area contributed by atoms with Crippen LogP contribution in [0.4, 0.5) is 10.5 Å². The van der Waals surface area contributed by atoms with Gasteiger partial charge in [0, 0.05) is 22.4 Å². The molecule has 2 aromatic heterocycles. The Labute approximate surface area is 296 Å². The number of anilines is 1. The maximum atomic E-state index is 14.0. The van der Waals surface area contributed by atoms with Gasteiger partial charge in [0.1, 0.15) is 11.1 Å². The van der Waals surface area contributed by atoms with Crippen molar-refractivity contribution in [3.63, 3.8) is 0 Å². The number of hydrogen-bond acceptors (Lipinski definition) is 6. The summed E-state index contributed by atoms with van der Waals surface area (Å²) in [7, 11) is 0. The highest BCUT2D eigenvalue weighted by atomic mass is 32.2. The van der Waals surface area contributed by atoms with E-state index in [1.54, 1.807) is 24.2 Å². The van der Waals surface area contributed by atoms with Crippen molar-refractivity contribution in [2.45, 2.75) is 56.2 Å². The van der Waals surface area contributed by atoms with Crippen LogP contribution >= 0.6 is 11.8 Å². The van der Waals surface area contributed by atoms with Crippen molar-refractivity contribution >= 4 is 40.5 Å². The van der Waals surface area contributed by atoms with E-state index >= 15 is 0 Å². The quantitative estimate of drug-likeness (QED) is 0.163. The maximum absolute atomic E-state index is 14.0. The van der Waals surface area contributed by atoms with E-state index in [9.17, 15) is 9.59 Å². The van der Waals surface area contributed by atoms with Gasteiger partial charge in [-0.05, 0) is 74.1 Å². The van der Waals surface area contributed by atoms with E-state index in [2.05, 4.69) is 47.0 Å². The standard InChI is InChI=1S/C41H39N5O3S/c1-27-24-32-35(45-39(48)49-40(2,3)4)21-23-50-36(32)25-31(27)38(47)44-34-20-22-42-37-33(34)26-43-46(37)41(28-14-8-5-9-15-28,29-16-10-6-11-17-29)30-18-12-7-13-19-30/h5-20,22,24-26,35H,21,23H2,1-4H3,(H,45,48)(H,42,44,47)/t35-/m0/s1. The van der Waals surface area contributed by atoms with Gasteiger partial charge in [-0.2, -0.15) is 5.10 Å². The van der Waals surface area contributed by atoms with Gasteiger partial charge < -0.3 is 15.4 Å². The molecule has 2 N–H and O–H groups in total. The predicted octanol–water partition coefficient (Wildman–Crippen LogP) is 8.89. The molecule has 0 bridgehead atoms. The van der Waals surface area contributed by atoms with Gasteiger partial charge in [0.15, 0.2) is 5.65 Å². The first kappa shape index (κ1) is 33.1. The molecule has 50 heavy (non-hydrogen) atoms. The molecule has 6 aromatic rings. The van der Waals surface area contributed by atoms with E-state index in [0.717, 1.165) is 50.3 Å². The first-order valence-electron chi connectivity index (χ1n) is 16.7. The number of benzene rings is 4. The number of nitrogens with one attached hydrogen (secondary N) is 2. The molecule has 0 spiro atoms. The summed E-state index contributed by atoms with van der Waals surface area (Å²) in [6, 6.07) is 36.5. The molecule has 0 radical (unpaired) electrons. The van der Waals surface area contributed by atoms with Gasteiger partial charge in [-0.15, -0.1) is 11.8 Å². The largest absolute Gasteiger partial charge is 0.444 e. The summed E-state index contributed by atoms with van der Waals surface area (Å²) in [6.07, 6.45) is 3.82. The van der Waals surface area contributed by atoms with Crippen LogP contribution in [-0.4, -0.2) is 38.1 Å². The Hall–Kier alpha value is -5.41. The molecule has 0 aliphatic carbocycles. The third kappa shape index (κ3) is 6.25. The third-order valence-electron chi connectivity index (χ3n) is 8.94. The highest BCUT2D eigenvalue weighted by molar-refractivity contribution is 7.99. The Morgan fingerprint density at radius 1 is 0.860 bits per heavy atom. The van der Waals surface area contributed by atoms with Crippen molar-refractivity contribution in [2.24, 2.45) is 0 Å². The number of fused-ring (bicyclic) bond motifs is 2. The fourth-order valence-corrected chi connectivity index (χ4v) is 7.91. The minimum atomic E-state index is -0.850. The van der Waals surface area contributed by atoms with Gasteiger partial charge in [0.05, 0.1) is 23.3 Å². The van der Waals surface area contributed by atoms with Gasteiger partial charge in [-0.3, -0.25) is 4.79 Å². The Morgan fingerprint density at radius 3 is 2.04 bits per heavy atom. The summed E-state index contributed by atoms with van der Waals surface area (Å²) in [4.78, 5) is 32.4. The van der Waals surface area contributed by atoms with Gasteiger partial charge in [0.25, 0.3) is 5.91 Å². The topological polar surface area (TPSA) is 98.1 Å². The monoisotopic (exact) mass is 681 g/mol. The summed E-state index contributed by atoms with van der Waals surface area (Å²) >= 11 is 1.69. The van der Waals surface area contributed by atoms with Gasteiger partial charge >= 0.3 is 6.09 Å². The van der Waals surface area contributed by atoms with E-state index in [4.69, 9.17) is 14.8 Å². The van der Waals surface area contributed by atoms with E-state index in [-0.39, 0.29) is 11.9 Å². The number of carbonyl (C=O) groups is 2. The van der Waals surface area contributed by atoms with Crippen LogP contribution in [0.2, 0.25) is 0 Å². The second kappa shape index (κ2) is 13.5. The van der Waals surface area contributed by atoms with Gasteiger partial charge in [-0.25, -0.2) is 14.5 Å². The zero-order valence-corrected chi connectivity index (χ0v) is 29.3. The minimum absolute atomic E-state index is 0.193. The van der Waals surface area contributed by atoms with Crippen LogP contribution in [0, 0.1) is 6.92 Å². The molecular weight excluding hydrogens is 643 g/mol. The van der Waals surface area contributed by atoms with Crippen LogP contribution in [0.1, 0.15) is 71.4 Å². The Bertz CT molecular complexity index is 2070. The fourth-order valence-electron chi connectivity index (χ4n) is 6.77. The molecule has 1 aliphatic rings. The molecule has 8 nitrogen and oxygen atoms in total. The van der Waals surface area contributed by atoms with Crippen LogP contribution in [0.5, 0.6) is 0 Å². The van der Waals surface area contributed by atoms with Crippen molar-refractivity contribution in [1.29, 1.82) is 0 Å². The molecule has 252 valence electrons. The second-order valence-corrected chi connectivity index (χ2v) is 14.6. The number of alkyl carbamates (subject to hydrolysis) is 1. The molecule has 0 fully saturated rings. The number of aryl methyl sites for hydroxylation is 1. The molecule has 1 aliphatic heterocycles. The van der Waals surface area contributed by atoms with Gasteiger partial charge in [-0.1, -0.05) is 97.1 Å². The summed E-state index contributed by atoms with van der Waals surface area (Å²) in [6.45, 7) is 7.47. The Balaban J connectivity index is 1.27. The Kier molecular flexibility index (Phi) is 8.92. The first-order valence-corrected chi connectivity index (χ1v) is 17.7. The van der Waals surface area contributed by atoms with E-state index in [0.29, 0.717) is 16.9 Å². The fraction of sp³-hybridized carbons (Fsp3) is 0.220. The third-order valence-corrected chi connectivity index (χ3v) is 10.0. The highest BCUT2D eigenvalue weighted by Crippen LogP contribution is 2.43. The van der Waals surface area contributed by atoms with Crippen LogP contribution in [-0.2, 0) is 10.3 Å². The smallest absolute Gasteiger partial charge is 0.408 e. The SMILES string of the molecule is Cc1cc2c(cc1C(=O)Nc1ccnc3c1cnn3C(c1ccccc1)(c1ccccc1)c1ccccc1)SCC[C@@H]2NC(=O)OC(C)(C)C. The lowest BCUT2D eigenvalue weighted by Crippen LogP contribution is -2.38. The lowest BCUT2D eigenvalue weighted by atomic mass is 9.77. The number of nitrogens with zero attached hydrogens (tertiary/aromatic N) is 3. The van der Waals surface area contributed by atoms with E-state index in [1.807, 2.05) is 105 Å². The molecule has 0 saturated heterocycles.